The number of rotatable bonds is 0. The molecule has 1 aromatic carbocycles. The second-order valence-corrected chi connectivity index (χ2v) is 4.80. The average Bonchev–Trinajstić information content (AvgIpc) is 2.31. The first-order valence-electron chi connectivity index (χ1n) is 6.11. The summed E-state index contributed by atoms with van der Waals surface area (Å²) in [4.78, 5) is 0. The molecule has 1 aromatic rings. The molecule has 0 amide bonds. The van der Waals surface area contributed by atoms with Crippen molar-refractivity contribution >= 4 is 0 Å². The van der Waals surface area contributed by atoms with Crippen LogP contribution < -0.4 is 0 Å². The Kier molecular flexibility index (Phi) is 3.49. The molecule has 0 saturated heterocycles. The Morgan fingerprint density at radius 2 is 1.94 bits per heavy atom. The SMILES string of the molecule is Cc1ccc(F)cc1C#CC1(O)CCCCC1. The van der Waals surface area contributed by atoms with Crippen LogP contribution in [-0.2, 0) is 0 Å². The van der Waals surface area contributed by atoms with Gasteiger partial charge in [-0.1, -0.05) is 24.3 Å². The van der Waals surface area contributed by atoms with Crippen molar-refractivity contribution in [3.63, 3.8) is 0 Å². The molecule has 0 spiro atoms. The lowest BCUT2D eigenvalue weighted by Crippen LogP contribution is -2.29. The summed E-state index contributed by atoms with van der Waals surface area (Å²) >= 11 is 0. The molecule has 1 fully saturated rings. The molecule has 0 bridgehead atoms. The van der Waals surface area contributed by atoms with Gasteiger partial charge in [0.25, 0.3) is 0 Å². The number of benzene rings is 1. The standard InChI is InChI=1S/C15H17FO/c1-12-5-6-14(16)11-13(12)7-10-15(17)8-3-2-4-9-15/h5-6,11,17H,2-4,8-9H2,1H3. The van der Waals surface area contributed by atoms with Gasteiger partial charge in [0, 0.05) is 5.56 Å². The van der Waals surface area contributed by atoms with Crippen LogP contribution in [0.5, 0.6) is 0 Å². The second kappa shape index (κ2) is 4.89. The molecule has 0 aromatic heterocycles. The summed E-state index contributed by atoms with van der Waals surface area (Å²) in [5.74, 6) is 5.56. The van der Waals surface area contributed by atoms with Gasteiger partial charge in [0.05, 0.1) is 0 Å². The second-order valence-electron chi connectivity index (χ2n) is 4.80. The van der Waals surface area contributed by atoms with E-state index in [2.05, 4.69) is 11.8 Å². The summed E-state index contributed by atoms with van der Waals surface area (Å²) in [5.41, 5.74) is 0.749. The van der Waals surface area contributed by atoms with Crippen LogP contribution in [0.2, 0.25) is 0 Å². The summed E-state index contributed by atoms with van der Waals surface area (Å²) in [5, 5.41) is 10.2. The van der Waals surface area contributed by atoms with Gasteiger partial charge in [0.2, 0.25) is 0 Å². The van der Waals surface area contributed by atoms with Gasteiger partial charge in [-0.3, -0.25) is 0 Å². The molecule has 17 heavy (non-hydrogen) atoms. The fraction of sp³-hybridized carbons (Fsp3) is 0.467. The Morgan fingerprint density at radius 1 is 1.24 bits per heavy atom. The molecule has 0 radical (unpaired) electrons. The van der Waals surface area contributed by atoms with Crippen LogP contribution in [0.3, 0.4) is 0 Å². The monoisotopic (exact) mass is 232 g/mol. The predicted molar refractivity (Wildman–Crippen MR) is 66.0 cm³/mol. The van der Waals surface area contributed by atoms with E-state index in [1.54, 1.807) is 6.07 Å². The third-order valence-electron chi connectivity index (χ3n) is 3.31. The van der Waals surface area contributed by atoms with Crippen LogP contribution in [0, 0.1) is 24.6 Å². The summed E-state index contributed by atoms with van der Waals surface area (Å²) in [6.45, 7) is 1.90. The predicted octanol–water partition coefficient (Wildman–Crippen LogP) is 3.18. The van der Waals surface area contributed by atoms with E-state index >= 15 is 0 Å². The summed E-state index contributed by atoms with van der Waals surface area (Å²) < 4.78 is 13.1. The smallest absolute Gasteiger partial charge is 0.125 e. The summed E-state index contributed by atoms with van der Waals surface area (Å²) in [6, 6.07) is 4.56. The first kappa shape index (κ1) is 12.1. The van der Waals surface area contributed by atoms with Crippen molar-refractivity contribution < 1.29 is 9.50 Å². The molecule has 0 unspecified atom stereocenters. The quantitative estimate of drug-likeness (QED) is 0.681. The normalized spacial score (nSPS) is 18.3. The van der Waals surface area contributed by atoms with Crippen LogP contribution in [0.15, 0.2) is 18.2 Å². The molecule has 2 heteroatoms. The lowest BCUT2D eigenvalue weighted by molar-refractivity contribution is 0.0610. The topological polar surface area (TPSA) is 20.2 Å². The molecule has 0 aliphatic heterocycles. The van der Waals surface area contributed by atoms with Gasteiger partial charge in [-0.15, -0.1) is 0 Å². The van der Waals surface area contributed by atoms with Crippen molar-refractivity contribution in [1.82, 2.24) is 0 Å². The largest absolute Gasteiger partial charge is 0.378 e. The number of halogens is 1. The molecule has 1 aliphatic rings. The Balaban J connectivity index is 2.22. The third kappa shape index (κ3) is 3.08. The Labute approximate surface area is 102 Å². The van der Waals surface area contributed by atoms with E-state index in [-0.39, 0.29) is 5.82 Å². The van der Waals surface area contributed by atoms with Gasteiger partial charge < -0.3 is 5.11 Å². The molecule has 1 aliphatic carbocycles. The van der Waals surface area contributed by atoms with E-state index in [0.29, 0.717) is 5.56 Å². The van der Waals surface area contributed by atoms with Crippen molar-refractivity contribution in [2.75, 3.05) is 0 Å². The van der Waals surface area contributed by atoms with Crippen molar-refractivity contribution in [2.24, 2.45) is 0 Å². The molecular weight excluding hydrogens is 215 g/mol. The first-order valence-corrected chi connectivity index (χ1v) is 6.11. The fourth-order valence-corrected chi connectivity index (χ4v) is 2.17. The number of aryl methyl sites for hydroxylation is 1. The van der Waals surface area contributed by atoms with Crippen molar-refractivity contribution in [1.29, 1.82) is 0 Å². The van der Waals surface area contributed by atoms with Crippen LogP contribution in [-0.4, -0.2) is 10.7 Å². The highest BCUT2D eigenvalue weighted by atomic mass is 19.1. The molecule has 90 valence electrons. The highest BCUT2D eigenvalue weighted by Gasteiger charge is 2.26. The number of hydrogen-bond acceptors (Lipinski definition) is 1. The van der Waals surface area contributed by atoms with Crippen LogP contribution in [0.4, 0.5) is 4.39 Å². The van der Waals surface area contributed by atoms with Gasteiger partial charge in [-0.25, -0.2) is 4.39 Å². The van der Waals surface area contributed by atoms with E-state index in [1.165, 1.54) is 18.6 Å². The molecule has 1 nitrogen and oxygen atoms in total. The fourth-order valence-electron chi connectivity index (χ4n) is 2.17. The van der Waals surface area contributed by atoms with E-state index in [1.807, 2.05) is 6.92 Å². The average molecular weight is 232 g/mol. The molecule has 2 rings (SSSR count). The van der Waals surface area contributed by atoms with Crippen molar-refractivity contribution in [3.8, 4) is 11.8 Å². The van der Waals surface area contributed by atoms with Gasteiger partial charge in [-0.2, -0.15) is 0 Å². The lowest BCUT2D eigenvalue weighted by atomic mass is 9.85. The summed E-state index contributed by atoms with van der Waals surface area (Å²) in [7, 11) is 0. The van der Waals surface area contributed by atoms with Gasteiger partial charge in [0.1, 0.15) is 11.4 Å². The highest BCUT2D eigenvalue weighted by molar-refractivity contribution is 5.42. The van der Waals surface area contributed by atoms with Gasteiger partial charge in [0.15, 0.2) is 0 Å². The van der Waals surface area contributed by atoms with Crippen LogP contribution in [0.1, 0.15) is 43.2 Å². The van der Waals surface area contributed by atoms with E-state index in [0.717, 1.165) is 31.2 Å². The van der Waals surface area contributed by atoms with Gasteiger partial charge in [-0.05, 0) is 50.3 Å². The van der Waals surface area contributed by atoms with Crippen LogP contribution >= 0.6 is 0 Å². The molecule has 1 N–H and O–H groups in total. The Morgan fingerprint density at radius 3 is 2.65 bits per heavy atom. The molecule has 0 heterocycles. The minimum Gasteiger partial charge on any atom is -0.378 e. The maximum atomic E-state index is 13.1. The minimum absolute atomic E-state index is 0.282. The maximum Gasteiger partial charge on any atom is 0.125 e. The summed E-state index contributed by atoms with van der Waals surface area (Å²) in [6.07, 6.45) is 4.67. The Bertz CT molecular complexity index is 462. The van der Waals surface area contributed by atoms with Crippen LogP contribution in [0.25, 0.3) is 0 Å². The highest BCUT2D eigenvalue weighted by Crippen LogP contribution is 2.27. The molecule has 0 atom stereocenters. The lowest BCUT2D eigenvalue weighted by Gasteiger charge is -2.26. The van der Waals surface area contributed by atoms with E-state index < -0.39 is 5.60 Å². The number of hydrogen-bond donors (Lipinski definition) is 1. The zero-order valence-corrected chi connectivity index (χ0v) is 10.1. The van der Waals surface area contributed by atoms with E-state index in [4.69, 9.17) is 0 Å². The van der Waals surface area contributed by atoms with E-state index in [9.17, 15) is 9.50 Å². The maximum absolute atomic E-state index is 13.1. The minimum atomic E-state index is -0.864. The Hall–Kier alpha value is -1.33. The molecule has 1 saturated carbocycles. The zero-order valence-electron chi connectivity index (χ0n) is 10.1. The van der Waals surface area contributed by atoms with Crippen molar-refractivity contribution in [3.05, 3.63) is 35.1 Å². The first-order chi connectivity index (χ1) is 8.09. The van der Waals surface area contributed by atoms with Gasteiger partial charge >= 0.3 is 0 Å². The van der Waals surface area contributed by atoms with Crippen molar-refractivity contribution in [2.45, 2.75) is 44.6 Å². The number of aliphatic hydroxyl groups is 1. The molecular formula is C15H17FO. The zero-order chi connectivity index (χ0) is 12.3. The third-order valence-corrected chi connectivity index (χ3v) is 3.31.